The molecule has 4 heteroatoms. The van der Waals surface area contributed by atoms with Crippen LogP contribution in [0.3, 0.4) is 0 Å². The van der Waals surface area contributed by atoms with Crippen LogP contribution in [-0.4, -0.2) is 44.1 Å². The number of nitrogens with two attached hydrogens (primary N) is 1. The van der Waals surface area contributed by atoms with Crippen molar-refractivity contribution in [2.24, 2.45) is 5.73 Å². The molecule has 1 unspecified atom stereocenters. The van der Waals surface area contributed by atoms with Gasteiger partial charge in [0.05, 0.1) is 17.6 Å². The van der Waals surface area contributed by atoms with Gasteiger partial charge in [0, 0.05) is 26.2 Å². The molecule has 0 aromatic carbocycles. The van der Waals surface area contributed by atoms with Crippen molar-refractivity contribution in [3.05, 3.63) is 24.0 Å². The second-order valence-electron chi connectivity index (χ2n) is 4.68. The van der Waals surface area contributed by atoms with Crippen molar-refractivity contribution in [2.45, 2.75) is 19.4 Å². The number of rotatable bonds is 6. The van der Waals surface area contributed by atoms with Crippen LogP contribution in [0.1, 0.15) is 25.1 Å². The van der Waals surface area contributed by atoms with Gasteiger partial charge in [-0.3, -0.25) is 4.98 Å². The summed E-state index contributed by atoms with van der Waals surface area (Å²) >= 11 is 0. The van der Waals surface area contributed by atoms with Crippen molar-refractivity contribution in [3.8, 4) is 0 Å². The van der Waals surface area contributed by atoms with Crippen LogP contribution in [0.2, 0.25) is 0 Å². The first-order valence-electron chi connectivity index (χ1n) is 6.12. The van der Waals surface area contributed by atoms with Crippen LogP contribution in [0.15, 0.2) is 18.3 Å². The topological polar surface area (TPSA) is 45.4 Å². The third kappa shape index (κ3) is 4.32. The largest absolute Gasteiger partial charge is 0.372 e. The molecule has 1 rings (SSSR count). The minimum absolute atomic E-state index is 0.0520. The number of hydrogen-bond acceptors (Lipinski definition) is 4. The van der Waals surface area contributed by atoms with Crippen molar-refractivity contribution in [3.63, 3.8) is 0 Å². The molecule has 0 saturated heterocycles. The molecule has 0 radical (unpaired) electrons. The summed E-state index contributed by atoms with van der Waals surface area (Å²) in [4.78, 5) is 8.79. The summed E-state index contributed by atoms with van der Waals surface area (Å²) in [5.74, 6) is 0. The summed E-state index contributed by atoms with van der Waals surface area (Å²) in [6.07, 6.45) is 2.82. The van der Waals surface area contributed by atoms with Crippen LogP contribution >= 0.6 is 0 Å². The lowest BCUT2D eigenvalue weighted by molar-refractivity contribution is 0.416. The van der Waals surface area contributed by atoms with E-state index in [1.54, 1.807) is 0 Å². The van der Waals surface area contributed by atoms with Gasteiger partial charge in [0.2, 0.25) is 0 Å². The van der Waals surface area contributed by atoms with Gasteiger partial charge in [-0.05, 0) is 32.6 Å². The van der Waals surface area contributed by atoms with Crippen molar-refractivity contribution in [1.29, 1.82) is 0 Å². The van der Waals surface area contributed by atoms with Crippen LogP contribution in [0.25, 0.3) is 0 Å². The van der Waals surface area contributed by atoms with E-state index in [1.807, 2.05) is 12.3 Å². The maximum atomic E-state index is 5.94. The van der Waals surface area contributed by atoms with Gasteiger partial charge in [0.1, 0.15) is 0 Å². The monoisotopic (exact) mass is 236 g/mol. The molecule has 17 heavy (non-hydrogen) atoms. The molecule has 0 aliphatic carbocycles. The van der Waals surface area contributed by atoms with Crippen LogP contribution < -0.4 is 10.6 Å². The highest BCUT2D eigenvalue weighted by Crippen LogP contribution is 2.15. The fourth-order valence-electron chi connectivity index (χ4n) is 1.53. The Morgan fingerprint density at radius 3 is 2.41 bits per heavy atom. The molecule has 2 N–H and O–H groups in total. The number of pyridine rings is 1. The van der Waals surface area contributed by atoms with Crippen molar-refractivity contribution in [1.82, 2.24) is 9.88 Å². The molecule has 0 saturated carbocycles. The molecule has 0 aliphatic heterocycles. The Morgan fingerprint density at radius 1 is 1.24 bits per heavy atom. The van der Waals surface area contributed by atoms with E-state index in [2.05, 4.69) is 48.9 Å². The van der Waals surface area contributed by atoms with Crippen LogP contribution in [0, 0.1) is 0 Å². The van der Waals surface area contributed by atoms with E-state index in [4.69, 9.17) is 5.73 Å². The van der Waals surface area contributed by atoms with Crippen LogP contribution in [0.5, 0.6) is 0 Å². The van der Waals surface area contributed by atoms with Crippen LogP contribution in [-0.2, 0) is 0 Å². The summed E-state index contributed by atoms with van der Waals surface area (Å²) < 4.78 is 0. The minimum atomic E-state index is 0.0520. The Morgan fingerprint density at radius 2 is 1.94 bits per heavy atom. The van der Waals surface area contributed by atoms with Gasteiger partial charge in [-0.2, -0.15) is 0 Å². The highest BCUT2D eigenvalue weighted by atomic mass is 15.2. The van der Waals surface area contributed by atoms with Gasteiger partial charge >= 0.3 is 0 Å². The molecule has 1 heterocycles. The van der Waals surface area contributed by atoms with Gasteiger partial charge in [0.15, 0.2) is 0 Å². The average molecular weight is 236 g/mol. The maximum Gasteiger partial charge on any atom is 0.0572 e. The van der Waals surface area contributed by atoms with Crippen molar-refractivity contribution in [2.75, 3.05) is 39.1 Å². The summed E-state index contributed by atoms with van der Waals surface area (Å²) in [6, 6.07) is 4.17. The quantitative estimate of drug-likeness (QED) is 0.813. The summed E-state index contributed by atoms with van der Waals surface area (Å²) in [5, 5.41) is 0. The molecule has 96 valence electrons. The minimum Gasteiger partial charge on any atom is -0.372 e. The smallest absolute Gasteiger partial charge is 0.0572 e. The molecule has 1 aromatic rings. The van der Waals surface area contributed by atoms with E-state index in [9.17, 15) is 0 Å². The van der Waals surface area contributed by atoms with Gasteiger partial charge in [-0.25, -0.2) is 0 Å². The van der Waals surface area contributed by atoms with Gasteiger partial charge in [-0.1, -0.05) is 6.92 Å². The van der Waals surface area contributed by atoms with E-state index in [1.165, 1.54) is 0 Å². The molecule has 1 aromatic heterocycles. The summed E-state index contributed by atoms with van der Waals surface area (Å²) in [6.45, 7) is 4.10. The van der Waals surface area contributed by atoms with E-state index in [0.29, 0.717) is 0 Å². The summed E-state index contributed by atoms with van der Waals surface area (Å²) in [7, 11) is 6.24. The average Bonchev–Trinajstić information content (AvgIpc) is 2.35. The first-order chi connectivity index (χ1) is 8.04. The predicted octanol–water partition coefficient (Wildman–Crippen LogP) is 1.49. The molecule has 1 atom stereocenters. The second kappa shape index (κ2) is 6.57. The third-order valence-corrected chi connectivity index (χ3v) is 2.91. The standard InChI is InChI=1S/C13H24N4/c1-5-12(14)13-7-6-11(10-15-13)17(4)9-8-16(2)3/h6-7,10,12H,5,8-9,14H2,1-4H3. The van der Waals surface area contributed by atoms with Gasteiger partial charge < -0.3 is 15.5 Å². The fourth-order valence-corrected chi connectivity index (χ4v) is 1.53. The second-order valence-corrected chi connectivity index (χ2v) is 4.68. The number of anilines is 1. The Hall–Kier alpha value is -1.13. The third-order valence-electron chi connectivity index (χ3n) is 2.91. The number of likely N-dealkylation sites (N-methyl/N-ethyl adjacent to an activating group) is 2. The lowest BCUT2D eigenvalue weighted by Crippen LogP contribution is -2.28. The molecule has 0 aliphatic rings. The zero-order valence-electron chi connectivity index (χ0n) is 11.3. The van der Waals surface area contributed by atoms with Crippen molar-refractivity contribution >= 4 is 5.69 Å². The number of nitrogens with zero attached hydrogens (tertiary/aromatic N) is 3. The Balaban J connectivity index is 2.60. The van der Waals surface area contributed by atoms with E-state index < -0.39 is 0 Å². The Bertz CT molecular complexity index is 321. The van der Waals surface area contributed by atoms with Crippen molar-refractivity contribution < 1.29 is 0 Å². The SMILES string of the molecule is CCC(N)c1ccc(N(C)CCN(C)C)cn1. The van der Waals surface area contributed by atoms with Gasteiger partial charge in [0.25, 0.3) is 0 Å². The first kappa shape index (κ1) is 13.9. The highest BCUT2D eigenvalue weighted by Gasteiger charge is 2.06. The molecular formula is C13H24N4. The Labute approximate surface area is 104 Å². The molecule has 0 spiro atoms. The summed E-state index contributed by atoms with van der Waals surface area (Å²) in [5.41, 5.74) is 8.04. The molecular weight excluding hydrogens is 212 g/mol. The fraction of sp³-hybridized carbons (Fsp3) is 0.615. The normalized spacial score (nSPS) is 12.8. The zero-order chi connectivity index (χ0) is 12.8. The molecule has 0 amide bonds. The highest BCUT2D eigenvalue weighted by molar-refractivity contribution is 5.43. The molecule has 4 nitrogen and oxygen atoms in total. The lowest BCUT2D eigenvalue weighted by atomic mass is 10.1. The maximum absolute atomic E-state index is 5.94. The van der Waals surface area contributed by atoms with E-state index in [0.717, 1.165) is 30.9 Å². The first-order valence-corrected chi connectivity index (χ1v) is 6.12. The Kier molecular flexibility index (Phi) is 5.38. The van der Waals surface area contributed by atoms with E-state index in [-0.39, 0.29) is 6.04 Å². The molecule has 0 bridgehead atoms. The predicted molar refractivity (Wildman–Crippen MR) is 73.3 cm³/mol. The van der Waals surface area contributed by atoms with Crippen LogP contribution in [0.4, 0.5) is 5.69 Å². The van der Waals surface area contributed by atoms with Gasteiger partial charge in [-0.15, -0.1) is 0 Å². The molecule has 0 fully saturated rings. The number of aromatic nitrogens is 1. The number of hydrogen-bond donors (Lipinski definition) is 1. The van der Waals surface area contributed by atoms with E-state index >= 15 is 0 Å². The lowest BCUT2D eigenvalue weighted by Gasteiger charge is -2.21. The zero-order valence-corrected chi connectivity index (χ0v) is 11.3.